The first-order valence-corrected chi connectivity index (χ1v) is 6.75. The Bertz CT molecular complexity index is 687. The summed E-state index contributed by atoms with van der Waals surface area (Å²) in [5.41, 5.74) is 0.149. The predicted molar refractivity (Wildman–Crippen MR) is 65.9 cm³/mol. The Kier molecular flexibility index (Phi) is 3.04. The number of aromatic nitrogens is 2. The van der Waals surface area contributed by atoms with Gasteiger partial charge < -0.3 is 4.57 Å². The molecule has 0 amide bonds. The summed E-state index contributed by atoms with van der Waals surface area (Å²) in [6, 6.07) is 7.92. The van der Waals surface area contributed by atoms with Crippen LogP contribution in [0.2, 0.25) is 0 Å². The van der Waals surface area contributed by atoms with Gasteiger partial charge in [0.2, 0.25) is 0 Å². The molecule has 1 aromatic carbocycles. The Labute approximate surface area is 105 Å². The lowest BCUT2D eigenvalue weighted by molar-refractivity contribution is 0.107. The van der Waals surface area contributed by atoms with Crippen molar-refractivity contribution in [1.29, 1.82) is 0 Å². The molecule has 5 nitrogen and oxygen atoms in total. The minimum absolute atomic E-state index is 0.0890. The number of aryl methyl sites for hydroxylation is 1. The maximum Gasteiger partial charge on any atom is 0.282 e. The average molecular weight is 264 g/mol. The van der Waals surface area contributed by atoms with Gasteiger partial charge in [-0.1, -0.05) is 30.3 Å². The van der Waals surface area contributed by atoms with E-state index >= 15 is 0 Å². The zero-order valence-electron chi connectivity index (χ0n) is 9.99. The highest BCUT2D eigenvalue weighted by Gasteiger charge is 2.29. The highest BCUT2D eigenvalue weighted by molar-refractivity contribution is 8.06. The zero-order chi connectivity index (χ0) is 13.3. The van der Waals surface area contributed by atoms with E-state index in [0.29, 0.717) is 5.82 Å². The highest BCUT2D eigenvalue weighted by atomic mass is 32.2. The molecular weight excluding hydrogens is 252 g/mol. The van der Waals surface area contributed by atoms with E-state index in [2.05, 4.69) is 4.98 Å². The summed E-state index contributed by atoms with van der Waals surface area (Å²) < 4.78 is 25.7. The molecule has 0 N–H and O–H groups in total. The third-order valence-corrected chi connectivity index (χ3v) is 4.36. The molecule has 0 radical (unpaired) electrons. The number of rotatable bonds is 2. The topological polar surface area (TPSA) is 69.0 Å². The second kappa shape index (κ2) is 4.38. The first-order valence-electron chi connectivity index (χ1n) is 5.27. The lowest BCUT2D eigenvalue weighted by Gasteiger charge is -2.04. The number of hydrogen-bond donors (Lipinski definition) is 0. The van der Waals surface area contributed by atoms with Crippen molar-refractivity contribution in [3.05, 3.63) is 47.9 Å². The molecule has 18 heavy (non-hydrogen) atoms. The Morgan fingerprint density at radius 2 is 1.83 bits per heavy atom. The summed E-state index contributed by atoms with van der Waals surface area (Å²) in [4.78, 5) is 15.9. The van der Waals surface area contributed by atoms with Gasteiger partial charge in [-0.15, -0.1) is 0 Å². The Hall–Kier alpha value is -1.95. The van der Waals surface area contributed by atoms with Gasteiger partial charge in [-0.3, -0.25) is 4.79 Å². The summed E-state index contributed by atoms with van der Waals surface area (Å²) >= 11 is 0. The van der Waals surface area contributed by atoms with E-state index < -0.39 is 15.0 Å². The fourth-order valence-electron chi connectivity index (χ4n) is 1.56. The fraction of sp³-hybridized carbons (Fsp3) is 0.167. The van der Waals surface area contributed by atoms with Gasteiger partial charge in [0.1, 0.15) is 5.82 Å². The molecule has 0 aliphatic heterocycles. The van der Waals surface area contributed by atoms with Gasteiger partial charge in [-0.25, -0.2) is 13.4 Å². The summed E-state index contributed by atoms with van der Waals surface area (Å²) in [7, 11) is -2.48. The smallest absolute Gasteiger partial charge is 0.282 e. The summed E-state index contributed by atoms with van der Waals surface area (Å²) in [6.07, 6.45) is 1.20. The number of carbonyl (C=O) groups is 1. The molecule has 2 rings (SSSR count). The molecule has 1 heterocycles. The molecule has 0 saturated heterocycles. The predicted octanol–water partition coefficient (Wildman–Crippen LogP) is 1.34. The fourth-order valence-corrected chi connectivity index (χ4v) is 2.88. The molecule has 2 aromatic rings. The molecule has 94 valence electrons. The number of imidazole rings is 1. The lowest BCUT2D eigenvalue weighted by Crippen LogP contribution is -2.18. The van der Waals surface area contributed by atoms with Crippen LogP contribution in [0.25, 0.3) is 0 Å². The van der Waals surface area contributed by atoms with E-state index in [0.717, 1.165) is 0 Å². The molecule has 0 atom stereocenters. The number of nitrogens with zero attached hydrogens (tertiary/aromatic N) is 2. The number of carbonyl (C=O) groups excluding carboxylic acids is 1. The second-order valence-corrected chi connectivity index (χ2v) is 5.66. The average Bonchev–Trinajstić information content (AvgIpc) is 2.70. The van der Waals surface area contributed by atoms with Crippen molar-refractivity contribution in [2.24, 2.45) is 7.05 Å². The molecule has 0 fully saturated rings. The van der Waals surface area contributed by atoms with Crippen LogP contribution in [-0.4, -0.2) is 23.1 Å². The monoisotopic (exact) mass is 264 g/mol. The number of sulfone groups is 1. The van der Waals surface area contributed by atoms with Crippen molar-refractivity contribution in [2.75, 3.05) is 0 Å². The van der Waals surface area contributed by atoms with Gasteiger partial charge in [-0.05, 0) is 6.92 Å². The van der Waals surface area contributed by atoms with E-state index in [4.69, 9.17) is 0 Å². The maximum absolute atomic E-state index is 12.2. The van der Waals surface area contributed by atoms with Crippen molar-refractivity contribution in [3.8, 4) is 0 Å². The van der Waals surface area contributed by atoms with Crippen molar-refractivity contribution >= 4 is 15.0 Å². The summed E-state index contributed by atoms with van der Waals surface area (Å²) in [5.74, 6) is 0.537. The van der Waals surface area contributed by atoms with Gasteiger partial charge >= 0.3 is 0 Å². The first kappa shape index (κ1) is 12.5. The molecule has 0 unspecified atom stereocenters. The molecule has 0 saturated carbocycles. The van der Waals surface area contributed by atoms with Crippen LogP contribution < -0.4 is 0 Å². The van der Waals surface area contributed by atoms with Crippen LogP contribution in [0.3, 0.4) is 0 Å². The number of benzene rings is 1. The maximum atomic E-state index is 12.2. The van der Waals surface area contributed by atoms with Gasteiger partial charge in [-0.2, -0.15) is 0 Å². The van der Waals surface area contributed by atoms with Gasteiger partial charge in [0, 0.05) is 12.6 Å². The van der Waals surface area contributed by atoms with Crippen LogP contribution in [0.15, 0.2) is 41.6 Å². The standard InChI is InChI=1S/C12H12N2O3S/c1-9-13-8-11(14(9)2)18(16,17)12(15)10-6-4-3-5-7-10/h3-8H,1-2H3. The third kappa shape index (κ3) is 1.95. The zero-order valence-corrected chi connectivity index (χ0v) is 10.8. The van der Waals surface area contributed by atoms with Crippen molar-refractivity contribution in [2.45, 2.75) is 11.9 Å². The van der Waals surface area contributed by atoms with Crippen molar-refractivity contribution < 1.29 is 13.2 Å². The van der Waals surface area contributed by atoms with E-state index in [1.807, 2.05) is 0 Å². The van der Waals surface area contributed by atoms with Crippen LogP contribution in [0.1, 0.15) is 16.2 Å². The van der Waals surface area contributed by atoms with Crippen molar-refractivity contribution in [1.82, 2.24) is 9.55 Å². The van der Waals surface area contributed by atoms with E-state index in [-0.39, 0.29) is 10.6 Å². The van der Waals surface area contributed by atoms with Crippen LogP contribution in [0.5, 0.6) is 0 Å². The van der Waals surface area contributed by atoms with Crippen molar-refractivity contribution in [3.63, 3.8) is 0 Å². The normalized spacial score (nSPS) is 11.4. The Morgan fingerprint density at radius 3 is 2.33 bits per heavy atom. The van der Waals surface area contributed by atoms with Gasteiger partial charge in [0.25, 0.3) is 15.0 Å². The molecule has 0 spiro atoms. The van der Waals surface area contributed by atoms with E-state index in [1.54, 1.807) is 32.2 Å². The first-order chi connectivity index (χ1) is 8.44. The Morgan fingerprint density at radius 1 is 1.22 bits per heavy atom. The number of hydrogen-bond acceptors (Lipinski definition) is 4. The minimum atomic E-state index is -4.04. The largest absolute Gasteiger partial charge is 0.322 e. The SMILES string of the molecule is Cc1ncc(S(=O)(=O)C(=O)c2ccccc2)n1C. The quantitative estimate of drug-likeness (QED) is 0.820. The van der Waals surface area contributed by atoms with E-state index in [1.165, 1.54) is 22.9 Å². The Balaban J connectivity index is 2.51. The summed E-state index contributed by atoms with van der Waals surface area (Å²) in [5, 5.41) is -1.00. The molecule has 0 bridgehead atoms. The molecular formula is C12H12N2O3S. The third-order valence-electron chi connectivity index (χ3n) is 2.71. The molecule has 6 heteroatoms. The van der Waals surface area contributed by atoms with Gasteiger partial charge in [0.15, 0.2) is 5.03 Å². The van der Waals surface area contributed by atoms with Crippen LogP contribution in [0, 0.1) is 6.92 Å². The molecule has 0 aliphatic rings. The van der Waals surface area contributed by atoms with Crippen LogP contribution in [0.4, 0.5) is 0 Å². The van der Waals surface area contributed by atoms with Gasteiger partial charge in [0.05, 0.1) is 6.20 Å². The molecule has 1 aromatic heterocycles. The highest BCUT2D eigenvalue weighted by Crippen LogP contribution is 2.16. The van der Waals surface area contributed by atoms with Crippen LogP contribution >= 0.6 is 0 Å². The lowest BCUT2D eigenvalue weighted by atomic mass is 10.2. The molecule has 0 aliphatic carbocycles. The van der Waals surface area contributed by atoms with Crippen LogP contribution in [-0.2, 0) is 16.9 Å². The van der Waals surface area contributed by atoms with E-state index in [9.17, 15) is 13.2 Å². The minimum Gasteiger partial charge on any atom is -0.322 e. The summed E-state index contributed by atoms with van der Waals surface area (Å²) in [6.45, 7) is 1.67. The second-order valence-electron chi connectivity index (χ2n) is 3.86.